The zero-order chi connectivity index (χ0) is 13.5. The van der Waals surface area contributed by atoms with E-state index in [-0.39, 0.29) is 11.4 Å². The van der Waals surface area contributed by atoms with E-state index < -0.39 is 0 Å². The number of halogens is 2. The van der Waals surface area contributed by atoms with Crippen LogP contribution in [0.3, 0.4) is 0 Å². The SMILES string of the molecule is CC1(C2CC2)CN(Cc2ccc(F)cc2Br)CCN1. The molecule has 0 amide bonds. The van der Waals surface area contributed by atoms with Gasteiger partial charge in [-0.2, -0.15) is 0 Å². The second-order valence-corrected chi connectivity index (χ2v) is 6.92. The van der Waals surface area contributed by atoms with Crippen LogP contribution in [0.25, 0.3) is 0 Å². The summed E-state index contributed by atoms with van der Waals surface area (Å²) in [6.45, 7) is 6.43. The molecule has 1 aliphatic carbocycles. The summed E-state index contributed by atoms with van der Waals surface area (Å²) < 4.78 is 14.0. The third kappa shape index (κ3) is 3.01. The number of hydrogen-bond donors (Lipinski definition) is 1. The highest BCUT2D eigenvalue weighted by molar-refractivity contribution is 9.10. The summed E-state index contributed by atoms with van der Waals surface area (Å²) in [7, 11) is 0. The minimum Gasteiger partial charge on any atom is -0.309 e. The standard InChI is InChI=1S/C15H20BrFN2/c1-15(12-3-4-12)10-19(7-6-18-15)9-11-2-5-13(17)8-14(11)16/h2,5,8,12,18H,3-4,6-7,9-10H2,1H3. The number of nitrogens with zero attached hydrogens (tertiary/aromatic N) is 1. The second-order valence-electron chi connectivity index (χ2n) is 6.06. The molecule has 2 nitrogen and oxygen atoms in total. The van der Waals surface area contributed by atoms with Crippen molar-refractivity contribution in [3.8, 4) is 0 Å². The highest BCUT2D eigenvalue weighted by Crippen LogP contribution is 2.41. The maximum Gasteiger partial charge on any atom is 0.124 e. The molecule has 1 N–H and O–H groups in total. The fraction of sp³-hybridized carbons (Fsp3) is 0.600. The van der Waals surface area contributed by atoms with Crippen molar-refractivity contribution < 1.29 is 4.39 Å². The lowest BCUT2D eigenvalue weighted by Crippen LogP contribution is -2.59. The summed E-state index contributed by atoms with van der Waals surface area (Å²) in [4.78, 5) is 2.48. The third-order valence-corrected chi connectivity index (χ3v) is 5.13. The van der Waals surface area contributed by atoms with E-state index in [0.717, 1.165) is 36.6 Å². The van der Waals surface area contributed by atoms with E-state index in [1.807, 2.05) is 6.07 Å². The van der Waals surface area contributed by atoms with Crippen LogP contribution < -0.4 is 5.32 Å². The van der Waals surface area contributed by atoms with Gasteiger partial charge in [0.25, 0.3) is 0 Å². The second kappa shape index (κ2) is 5.15. The summed E-state index contributed by atoms with van der Waals surface area (Å²) in [6.07, 6.45) is 2.72. The molecule has 0 aromatic heterocycles. The lowest BCUT2D eigenvalue weighted by molar-refractivity contribution is 0.121. The van der Waals surface area contributed by atoms with Crippen molar-refractivity contribution in [2.24, 2.45) is 5.92 Å². The molecule has 1 heterocycles. The number of rotatable bonds is 3. The molecule has 1 atom stereocenters. The van der Waals surface area contributed by atoms with Crippen LogP contribution in [0.4, 0.5) is 4.39 Å². The quantitative estimate of drug-likeness (QED) is 0.917. The van der Waals surface area contributed by atoms with Gasteiger partial charge in [-0.3, -0.25) is 4.90 Å². The summed E-state index contributed by atoms with van der Waals surface area (Å²) in [5.41, 5.74) is 1.44. The van der Waals surface area contributed by atoms with Crippen LogP contribution in [0.1, 0.15) is 25.3 Å². The van der Waals surface area contributed by atoms with Gasteiger partial charge in [-0.15, -0.1) is 0 Å². The Morgan fingerprint density at radius 1 is 1.47 bits per heavy atom. The number of piperazine rings is 1. The van der Waals surface area contributed by atoms with E-state index in [4.69, 9.17) is 0 Å². The van der Waals surface area contributed by atoms with Gasteiger partial charge in [-0.1, -0.05) is 22.0 Å². The first kappa shape index (κ1) is 13.5. The molecule has 3 rings (SSSR count). The molecule has 1 aliphatic heterocycles. The average molecular weight is 327 g/mol. The molecule has 0 radical (unpaired) electrons. The molecule has 104 valence electrons. The molecule has 1 saturated carbocycles. The van der Waals surface area contributed by atoms with Crippen LogP contribution in [0.15, 0.2) is 22.7 Å². The largest absolute Gasteiger partial charge is 0.309 e. The highest BCUT2D eigenvalue weighted by Gasteiger charge is 2.43. The Kier molecular flexibility index (Phi) is 3.67. The predicted octanol–water partition coefficient (Wildman–Crippen LogP) is 3.16. The van der Waals surface area contributed by atoms with Crippen molar-refractivity contribution in [1.82, 2.24) is 10.2 Å². The van der Waals surface area contributed by atoms with Crippen molar-refractivity contribution >= 4 is 15.9 Å². The van der Waals surface area contributed by atoms with E-state index in [2.05, 4.69) is 33.1 Å². The molecular weight excluding hydrogens is 307 g/mol. The van der Waals surface area contributed by atoms with E-state index in [9.17, 15) is 4.39 Å². The van der Waals surface area contributed by atoms with Gasteiger partial charge in [0.15, 0.2) is 0 Å². The van der Waals surface area contributed by atoms with Crippen LogP contribution in [-0.2, 0) is 6.54 Å². The van der Waals surface area contributed by atoms with Crippen molar-refractivity contribution in [3.05, 3.63) is 34.1 Å². The first-order valence-corrected chi connectivity index (χ1v) is 7.77. The maximum absolute atomic E-state index is 13.1. The fourth-order valence-corrected chi connectivity index (χ4v) is 3.59. The van der Waals surface area contributed by atoms with Crippen LogP contribution >= 0.6 is 15.9 Å². The Morgan fingerprint density at radius 2 is 2.26 bits per heavy atom. The topological polar surface area (TPSA) is 15.3 Å². The molecule has 0 spiro atoms. The van der Waals surface area contributed by atoms with E-state index in [1.165, 1.54) is 18.4 Å². The van der Waals surface area contributed by atoms with Crippen LogP contribution in [0, 0.1) is 11.7 Å². The molecule has 2 fully saturated rings. The Morgan fingerprint density at radius 3 is 2.95 bits per heavy atom. The van der Waals surface area contributed by atoms with Crippen LogP contribution in [-0.4, -0.2) is 30.1 Å². The molecule has 1 saturated heterocycles. The first-order valence-electron chi connectivity index (χ1n) is 6.98. The van der Waals surface area contributed by atoms with Gasteiger partial charge in [-0.05, 0) is 43.4 Å². The van der Waals surface area contributed by atoms with E-state index in [0.29, 0.717) is 0 Å². The summed E-state index contributed by atoms with van der Waals surface area (Å²) in [5, 5.41) is 3.68. The molecule has 1 unspecified atom stereocenters. The maximum atomic E-state index is 13.1. The molecular formula is C15H20BrFN2. The van der Waals surface area contributed by atoms with Gasteiger partial charge in [0.2, 0.25) is 0 Å². The van der Waals surface area contributed by atoms with Crippen molar-refractivity contribution in [2.75, 3.05) is 19.6 Å². The lowest BCUT2D eigenvalue weighted by Gasteiger charge is -2.42. The minimum atomic E-state index is -0.182. The molecule has 4 heteroatoms. The summed E-state index contributed by atoms with van der Waals surface area (Å²) in [6, 6.07) is 4.98. The highest BCUT2D eigenvalue weighted by atomic mass is 79.9. The van der Waals surface area contributed by atoms with Gasteiger partial charge in [0.1, 0.15) is 5.82 Å². The van der Waals surface area contributed by atoms with Gasteiger partial charge >= 0.3 is 0 Å². The number of benzene rings is 1. The van der Waals surface area contributed by atoms with Crippen molar-refractivity contribution in [3.63, 3.8) is 0 Å². The van der Waals surface area contributed by atoms with Gasteiger partial charge in [-0.25, -0.2) is 4.39 Å². The third-order valence-electron chi connectivity index (χ3n) is 4.40. The number of hydrogen-bond acceptors (Lipinski definition) is 2. The van der Waals surface area contributed by atoms with Crippen molar-refractivity contribution in [2.45, 2.75) is 31.8 Å². The molecule has 0 bridgehead atoms. The van der Waals surface area contributed by atoms with Crippen molar-refractivity contribution in [1.29, 1.82) is 0 Å². The number of nitrogens with one attached hydrogen (secondary N) is 1. The summed E-state index contributed by atoms with van der Waals surface area (Å²) in [5.74, 6) is 0.658. The Hall–Kier alpha value is -0.450. The Labute approximate surface area is 122 Å². The monoisotopic (exact) mass is 326 g/mol. The van der Waals surface area contributed by atoms with E-state index in [1.54, 1.807) is 12.1 Å². The fourth-order valence-electron chi connectivity index (χ4n) is 3.12. The normalized spacial score (nSPS) is 28.6. The van der Waals surface area contributed by atoms with Gasteiger partial charge in [0.05, 0.1) is 0 Å². The van der Waals surface area contributed by atoms with Gasteiger partial charge < -0.3 is 5.32 Å². The molecule has 2 aliphatic rings. The van der Waals surface area contributed by atoms with Crippen LogP contribution in [0.2, 0.25) is 0 Å². The summed E-state index contributed by atoms with van der Waals surface area (Å²) >= 11 is 3.46. The lowest BCUT2D eigenvalue weighted by atomic mass is 9.92. The first-order chi connectivity index (χ1) is 9.07. The zero-order valence-electron chi connectivity index (χ0n) is 11.3. The Bertz CT molecular complexity index is 475. The van der Waals surface area contributed by atoms with Crippen LogP contribution in [0.5, 0.6) is 0 Å². The van der Waals surface area contributed by atoms with E-state index >= 15 is 0 Å². The average Bonchev–Trinajstić information content (AvgIpc) is 3.17. The molecule has 1 aromatic carbocycles. The minimum absolute atomic E-state index is 0.182. The predicted molar refractivity (Wildman–Crippen MR) is 78.5 cm³/mol. The van der Waals surface area contributed by atoms with Gasteiger partial charge in [0, 0.05) is 36.2 Å². The molecule has 19 heavy (non-hydrogen) atoms. The smallest absolute Gasteiger partial charge is 0.124 e. The Balaban J connectivity index is 1.69. The zero-order valence-corrected chi connectivity index (χ0v) is 12.8. The molecule has 1 aromatic rings.